The molecule has 0 aliphatic carbocycles. The van der Waals surface area contributed by atoms with Crippen LogP contribution in [0.25, 0.3) is 12.2 Å². The van der Waals surface area contributed by atoms with Gasteiger partial charge < -0.3 is 5.32 Å². The molecule has 0 aromatic heterocycles. The van der Waals surface area contributed by atoms with Crippen molar-refractivity contribution in [3.8, 4) is 0 Å². The molecule has 0 bridgehead atoms. The molecule has 0 atom stereocenters. The lowest BCUT2D eigenvalue weighted by Gasteiger charge is -2.02. The second-order valence-electron chi connectivity index (χ2n) is 6.30. The Morgan fingerprint density at radius 3 is 2.12 bits per heavy atom. The minimum absolute atomic E-state index is 0.718. The largest absolute Gasteiger partial charge is 0.353 e. The average molecular weight is 344 g/mol. The SMILES string of the molecule is Cc1cccc(/C=C/C(/C=C/c2cccc(C)c2)=NNC2=NCCN2)c1. The Labute approximate surface area is 155 Å². The number of aliphatic imine (C=N–C) groups is 1. The van der Waals surface area contributed by atoms with E-state index in [1.54, 1.807) is 0 Å². The zero-order valence-corrected chi connectivity index (χ0v) is 15.2. The van der Waals surface area contributed by atoms with Crippen LogP contribution in [-0.2, 0) is 0 Å². The highest BCUT2D eigenvalue weighted by Crippen LogP contribution is 2.08. The number of nitrogens with zero attached hydrogens (tertiary/aromatic N) is 2. The number of hydrazone groups is 1. The first-order chi connectivity index (χ1) is 12.7. The molecule has 3 rings (SSSR count). The lowest BCUT2D eigenvalue weighted by Crippen LogP contribution is -2.30. The van der Waals surface area contributed by atoms with E-state index in [2.05, 4.69) is 95.4 Å². The third-order valence-electron chi connectivity index (χ3n) is 3.94. The number of hydrogen-bond acceptors (Lipinski definition) is 4. The highest BCUT2D eigenvalue weighted by atomic mass is 15.4. The molecule has 1 aliphatic heterocycles. The Bertz CT molecular complexity index is 818. The summed E-state index contributed by atoms with van der Waals surface area (Å²) in [5.41, 5.74) is 8.61. The first kappa shape index (κ1) is 17.7. The first-order valence-electron chi connectivity index (χ1n) is 8.80. The van der Waals surface area contributed by atoms with Crippen molar-refractivity contribution in [2.45, 2.75) is 13.8 Å². The summed E-state index contributed by atoms with van der Waals surface area (Å²) in [5.74, 6) is 0.718. The van der Waals surface area contributed by atoms with Gasteiger partial charge in [0.2, 0.25) is 5.96 Å². The molecule has 0 radical (unpaired) electrons. The Morgan fingerprint density at radius 1 is 1.00 bits per heavy atom. The predicted octanol–water partition coefficient (Wildman–Crippen LogP) is 3.93. The van der Waals surface area contributed by atoms with Crippen molar-refractivity contribution < 1.29 is 0 Å². The summed E-state index contributed by atoms with van der Waals surface area (Å²) in [4.78, 5) is 4.31. The highest BCUT2D eigenvalue weighted by Gasteiger charge is 2.02. The second kappa shape index (κ2) is 8.81. The second-order valence-corrected chi connectivity index (χ2v) is 6.30. The Kier molecular flexibility index (Phi) is 5.99. The van der Waals surface area contributed by atoms with Crippen LogP contribution in [0.3, 0.4) is 0 Å². The fourth-order valence-electron chi connectivity index (χ4n) is 2.63. The maximum atomic E-state index is 4.48. The summed E-state index contributed by atoms with van der Waals surface area (Å²) in [7, 11) is 0. The van der Waals surface area contributed by atoms with Gasteiger partial charge in [0.05, 0.1) is 12.3 Å². The van der Waals surface area contributed by atoms with Crippen LogP contribution in [0.4, 0.5) is 0 Å². The van der Waals surface area contributed by atoms with Crippen molar-refractivity contribution in [1.82, 2.24) is 10.7 Å². The molecule has 132 valence electrons. The lowest BCUT2D eigenvalue weighted by atomic mass is 10.1. The molecule has 4 heteroatoms. The van der Waals surface area contributed by atoms with Gasteiger partial charge in [0.15, 0.2) is 0 Å². The van der Waals surface area contributed by atoms with Crippen LogP contribution in [0.2, 0.25) is 0 Å². The summed E-state index contributed by atoms with van der Waals surface area (Å²) >= 11 is 0. The summed E-state index contributed by atoms with van der Waals surface area (Å²) in [6, 6.07) is 16.8. The monoisotopic (exact) mass is 344 g/mol. The molecule has 0 unspecified atom stereocenters. The molecule has 2 aromatic rings. The van der Waals surface area contributed by atoms with Crippen molar-refractivity contribution in [1.29, 1.82) is 0 Å². The van der Waals surface area contributed by atoms with E-state index in [1.807, 2.05) is 12.2 Å². The van der Waals surface area contributed by atoms with Crippen LogP contribution in [-0.4, -0.2) is 24.8 Å². The lowest BCUT2D eigenvalue weighted by molar-refractivity contribution is 0.918. The highest BCUT2D eigenvalue weighted by molar-refractivity contribution is 6.09. The Balaban J connectivity index is 1.79. The number of benzene rings is 2. The molecular formula is C22H24N4. The van der Waals surface area contributed by atoms with Crippen LogP contribution in [0.1, 0.15) is 22.3 Å². The van der Waals surface area contributed by atoms with Crippen molar-refractivity contribution in [3.05, 3.63) is 82.9 Å². The van der Waals surface area contributed by atoms with Crippen molar-refractivity contribution >= 4 is 23.8 Å². The van der Waals surface area contributed by atoms with Gasteiger partial charge in [0.1, 0.15) is 0 Å². The molecule has 0 saturated carbocycles. The van der Waals surface area contributed by atoms with E-state index in [4.69, 9.17) is 0 Å². The van der Waals surface area contributed by atoms with E-state index in [-0.39, 0.29) is 0 Å². The fourth-order valence-corrected chi connectivity index (χ4v) is 2.63. The maximum Gasteiger partial charge on any atom is 0.212 e. The molecule has 4 nitrogen and oxygen atoms in total. The van der Waals surface area contributed by atoms with E-state index in [0.29, 0.717) is 0 Å². The number of rotatable bonds is 5. The number of hydrogen-bond donors (Lipinski definition) is 2. The van der Waals surface area contributed by atoms with Crippen LogP contribution < -0.4 is 10.7 Å². The van der Waals surface area contributed by atoms with Gasteiger partial charge in [0.25, 0.3) is 0 Å². The number of allylic oxidation sites excluding steroid dienone is 2. The van der Waals surface area contributed by atoms with Gasteiger partial charge in [-0.1, -0.05) is 71.8 Å². The smallest absolute Gasteiger partial charge is 0.212 e. The van der Waals surface area contributed by atoms with Gasteiger partial charge in [-0.15, -0.1) is 0 Å². The standard InChI is InChI=1S/C22H24N4/c1-17-5-3-7-19(15-17)9-11-21(25-26-22-23-13-14-24-22)12-10-20-8-4-6-18(2)16-20/h3-12,15-16H,13-14H2,1-2H3,(H2,23,24,26)/b11-9+,12-10+. The summed E-state index contributed by atoms with van der Waals surface area (Å²) in [6.45, 7) is 5.82. The maximum absolute atomic E-state index is 4.48. The summed E-state index contributed by atoms with van der Waals surface area (Å²) in [5, 5.41) is 7.64. The van der Waals surface area contributed by atoms with Crippen LogP contribution in [0.15, 0.2) is 70.8 Å². The quantitative estimate of drug-likeness (QED) is 0.638. The van der Waals surface area contributed by atoms with Gasteiger partial charge in [-0.25, -0.2) is 10.4 Å². The van der Waals surface area contributed by atoms with Gasteiger partial charge >= 0.3 is 0 Å². The van der Waals surface area contributed by atoms with Gasteiger partial charge in [-0.2, -0.15) is 5.10 Å². The van der Waals surface area contributed by atoms with Gasteiger partial charge in [-0.05, 0) is 37.1 Å². The van der Waals surface area contributed by atoms with E-state index in [0.717, 1.165) is 35.9 Å². The summed E-state index contributed by atoms with van der Waals surface area (Å²) < 4.78 is 0. The number of guanidine groups is 1. The van der Waals surface area contributed by atoms with Crippen LogP contribution >= 0.6 is 0 Å². The van der Waals surface area contributed by atoms with Crippen LogP contribution in [0.5, 0.6) is 0 Å². The van der Waals surface area contributed by atoms with Gasteiger partial charge in [-0.3, -0.25) is 0 Å². The average Bonchev–Trinajstić information content (AvgIpc) is 3.15. The molecule has 0 amide bonds. The molecule has 2 N–H and O–H groups in total. The Hall–Kier alpha value is -3.14. The van der Waals surface area contributed by atoms with Crippen molar-refractivity contribution in [3.63, 3.8) is 0 Å². The zero-order valence-electron chi connectivity index (χ0n) is 15.2. The predicted molar refractivity (Wildman–Crippen MR) is 111 cm³/mol. The van der Waals surface area contributed by atoms with E-state index < -0.39 is 0 Å². The molecule has 2 aromatic carbocycles. The van der Waals surface area contributed by atoms with Crippen LogP contribution in [0, 0.1) is 13.8 Å². The minimum atomic E-state index is 0.718. The molecule has 26 heavy (non-hydrogen) atoms. The third-order valence-corrected chi connectivity index (χ3v) is 3.94. The molecule has 0 saturated heterocycles. The zero-order chi connectivity index (χ0) is 18.2. The number of aryl methyl sites for hydroxylation is 2. The molecule has 1 aliphatic rings. The topological polar surface area (TPSA) is 48.8 Å². The first-order valence-corrected chi connectivity index (χ1v) is 8.80. The Morgan fingerprint density at radius 2 is 1.62 bits per heavy atom. The fraction of sp³-hybridized carbons (Fsp3) is 0.182. The van der Waals surface area contributed by atoms with Crippen molar-refractivity contribution in [2.75, 3.05) is 13.1 Å². The summed E-state index contributed by atoms with van der Waals surface area (Å²) in [6.07, 6.45) is 8.14. The molecule has 0 fully saturated rings. The molecule has 1 heterocycles. The molecular weight excluding hydrogens is 320 g/mol. The van der Waals surface area contributed by atoms with E-state index in [1.165, 1.54) is 11.1 Å². The molecule has 0 spiro atoms. The normalized spacial score (nSPS) is 13.7. The number of nitrogens with one attached hydrogen (secondary N) is 2. The third kappa shape index (κ3) is 5.45. The van der Waals surface area contributed by atoms with Crippen molar-refractivity contribution in [2.24, 2.45) is 10.1 Å². The van der Waals surface area contributed by atoms with E-state index >= 15 is 0 Å². The van der Waals surface area contributed by atoms with E-state index in [9.17, 15) is 0 Å². The minimum Gasteiger partial charge on any atom is -0.353 e. The van der Waals surface area contributed by atoms with Gasteiger partial charge in [0, 0.05) is 6.54 Å².